The van der Waals surface area contributed by atoms with Crippen molar-refractivity contribution in [3.05, 3.63) is 23.2 Å². The van der Waals surface area contributed by atoms with E-state index in [-0.39, 0.29) is 0 Å². The van der Waals surface area contributed by atoms with Crippen molar-refractivity contribution in [2.24, 2.45) is 0 Å². The predicted octanol–water partition coefficient (Wildman–Crippen LogP) is 4.00. The molecule has 0 radical (unpaired) electrons. The van der Waals surface area contributed by atoms with Crippen LogP contribution in [0.4, 0.5) is 5.82 Å². The van der Waals surface area contributed by atoms with Gasteiger partial charge in [-0.3, -0.25) is 4.68 Å². The Hall–Kier alpha value is -1.30. The number of aryl methyl sites for hydroxylation is 1. The van der Waals surface area contributed by atoms with Crippen molar-refractivity contribution in [3.63, 3.8) is 0 Å². The van der Waals surface area contributed by atoms with Gasteiger partial charge in [0.15, 0.2) is 5.82 Å². The van der Waals surface area contributed by atoms with Crippen LogP contribution >= 0.6 is 11.6 Å². The van der Waals surface area contributed by atoms with Crippen LogP contribution in [0.1, 0.15) is 39.5 Å². The number of hydrogen-bond donors (Lipinski definition) is 1. The average molecular weight is 392 g/mol. The van der Waals surface area contributed by atoms with Gasteiger partial charge in [-0.05, 0) is 71.4 Å². The lowest BCUT2D eigenvalue weighted by molar-refractivity contribution is 0.286. The summed E-state index contributed by atoms with van der Waals surface area (Å²) in [4.78, 5) is 4.78. The number of halogens is 1. The van der Waals surface area contributed by atoms with E-state index in [0.29, 0.717) is 12.1 Å². The topological polar surface area (TPSA) is 36.3 Å². The molecule has 0 saturated carbocycles. The molecule has 1 N–H and O–H groups in total. The second kappa shape index (κ2) is 9.26. The summed E-state index contributed by atoms with van der Waals surface area (Å²) in [7, 11) is 4.27. The third kappa shape index (κ3) is 4.76. The number of piperidine rings is 1. The number of nitrogens with zero attached hydrogens (tertiary/aromatic N) is 4. The third-order valence-electron chi connectivity index (χ3n) is 5.78. The van der Waals surface area contributed by atoms with Gasteiger partial charge in [0.2, 0.25) is 0 Å². The van der Waals surface area contributed by atoms with Crippen LogP contribution in [-0.4, -0.2) is 60.5 Å². The highest BCUT2D eigenvalue weighted by Crippen LogP contribution is 2.31. The molecule has 0 amide bonds. The Morgan fingerprint density at radius 1 is 1.37 bits per heavy atom. The second-order valence-electron chi connectivity index (χ2n) is 8.00. The highest BCUT2D eigenvalue weighted by molar-refractivity contribution is 6.31. The van der Waals surface area contributed by atoms with E-state index >= 15 is 0 Å². The molecule has 1 aromatic carbocycles. The molecule has 1 saturated heterocycles. The van der Waals surface area contributed by atoms with Crippen molar-refractivity contribution < 1.29 is 0 Å². The molecule has 1 aliphatic heterocycles. The maximum atomic E-state index is 6.36. The van der Waals surface area contributed by atoms with Crippen LogP contribution in [0.25, 0.3) is 10.9 Å². The van der Waals surface area contributed by atoms with Gasteiger partial charge in [0.25, 0.3) is 0 Å². The maximum Gasteiger partial charge on any atom is 0.158 e. The van der Waals surface area contributed by atoms with E-state index in [1.165, 1.54) is 23.7 Å². The quantitative estimate of drug-likeness (QED) is 0.737. The molecule has 0 aliphatic carbocycles. The zero-order valence-corrected chi connectivity index (χ0v) is 18.0. The summed E-state index contributed by atoms with van der Waals surface area (Å²) in [5.74, 6) is 1.10. The van der Waals surface area contributed by atoms with Gasteiger partial charge in [-0.15, -0.1) is 0 Å². The lowest BCUT2D eigenvalue weighted by atomic mass is 10.0. The number of nitrogens with one attached hydrogen (secondary N) is 1. The van der Waals surface area contributed by atoms with Crippen molar-refractivity contribution in [1.82, 2.24) is 20.0 Å². The normalized spacial score (nSPS) is 19.0. The predicted molar refractivity (Wildman–Crippen MR) is 116 cm³/mol. The Morgan fingerprint density at radius 2 is 2.19 bits per heavy atom. The molecule has 6 heteroatoms. The van der Waals surface area contributed by atoms with Crippen LogP contribution in [0.3, 0.4) is 0 Å². The molecule has 2 unspecified atom stereocenters. The summed E-state index contributed by atoms with van der Waals surface area (Å²) >= 11 is 6.36. The molecule has 3 rings (SSSR count). The summed E-state index contributed by atoms with van der Waals surface area (Å²) in [5.41, 5.74) is 1.19. The Bertz CT molecular complexity index is 735. The molecular formula is C21H34ClN5. The van der Waals surface area contributed by atoms with Crippen LogP contribution in [-0.2, 0) is 6.54 Å². The Morgan fingerprint density at radius 3 is 2.85 bits per heavy atom. The van der Waals surface area contributed by atoms with E-state index in [0.717, 1.165) is 49.9 Å². The Balaban J connectivity index is 1.96. The number of rotatable bonds is 8. The standard InChI is InChI=1S/C21H34ClN5/c1-5-12-26(18-7-6-11-23-15-18)21-19-14-17(22)8-9-20(19)27(24-21)13-10-16(2)25(3)4/h8-9,14,16,18,23H,5-7,10-13,15H2,1-4H3. The van der Waals surface area contributed by atoms with Crippen LogP contribution in [0.15, 0.2) is 18.2 Å². The summed E-state index contributed by atoms with van der Waals surface area (Å²) in [5, 5.41) is 10.6. The first-order chi connectivity index (χ1) is 13.0. The van der Waals surface area contributed by atoms with Crippen molar-refractivity contribution in [2.45, 2.75) is 58.2 Å². The number of fused-ring (bicyclic) bond motifs is 1. The van der Waals surface area contributed by atoms with Gasteiger partial charge in [0.1, 0.15) is 0 Å². The molecule has 5 nitrogen and oxygen atoms in total. The van der Waals surface area contributed by atoms with E-state index in [9.17, 15) is 0 Å². The molecule has 1 fully saturated rings. The molecule has 1 aromatic heterocycles. The molecule has 1 aliphatic rings. The summed E-state index contributed by atoms with van der Waals surface area (Å²) in [6.45, 7) is 8.61. The molecule has 0 spiro atoms. The number of benzene rings is 1. The van der Waals surface area contributed by atoms with Crippen molar-refractivity contribution >= 4 is 28.3 Å². The third-order valence-corrected chi connectivity index (χ3v) is 6.02. The summed E-state index contributed by atoms with van der Waals surface area (Å²) in [6, 6.07) is 7.22. The van der Waals surface area contributed by atoms with Gasteiger partial charge in [-0.2, -0.15) is 5.10 Å². The molecule has 150 valence electrons. The van der Waals surface area contributed by atoms with Crippen molar-refractivity contribution in [1.29, 1.82) is 0 Å². The van der Waals surface area contributed by atoms with Crippen LogP contribution in [0.2, 0.25) is 5.02 Å². The van der Waals surface area contributed by atoms with Gasteiger partial charge in [0, 0.05) is 42.1 Å². The molecule has 2 aromatic rings. The molecule has 2 heterocycles. The van der Waals surface area contributed by atoms with Gasteiger partial charge in [-0.25, -0.2) is 0 Å². The summed E-state index contributed by atoms with van der Waals surface area (Å²) < 4.78 is 2.18. The number of hydrogen-bond acceptors (Lipinski definition) is 4. The smallest absolute Gasteiger partial charge is 0.158 e. The van der Waals surface area contributed by atoms with E-state index in [4.69, 9.17) is 16.7 Å². The lowest BCUT2D eigenvalue weighted by Crippen LogP contribution is -2.46. The highest BCUT2D eigenvalue weighted by Gasteiger charge is 2.25. The van der Waals surface area contributed by atoms with Gasteiger partial charge >= 0.3 is 0 Å². The van der Waals surface area contributed by atoms with Gasteiger partial charge in [-0.1, -0.05) is 18.5 Å². The fourth-order valence-electron chi connectivity index (χ4n) is 3.89. The molecule has 27 heavy (non-hydrogen) atoms. The van der Waals surface area contributed by atoms with E-state index in [1.54, 1.807) is 0 Å². The van der Waals surface area contributed by atoms with Gasteiger partial charge in [0.05, 0.1) is 5.52 Å². The van der Waals surface area contributed by atoms with Crippen LogP contribution < -0.4 is 10.2 Å². The highest BCUT2D eigenvalue weighted by atomic mass is 35.5. The SMILES string of the molecule is CCCN(c1nn(CCC(C)N(C)C)c2ccc(Cl)cc12)C1CCCNC1. The first-order valence-electron chi connectivity index (χ1n) is 10.3. The lowest BCUT2D eigenvalue weighted by Gasteiger charge is -2.35. The van der Waals surface area contributed by atoms with Crippen LogP contribution in [0.5, 0.6) is 0 Å². The Labute approximate surface area is 168 Å². The fourth-order valence-corrected chi connectivity index (χ4v) is 4.06. The van der Waals surface area contributed by atoms with E-state index in [1.807, 2.05) is 6.07 Å². The zero-order chi connectivity index (χ0) is 19.4. The zero-order valence-electron chi connectivity index (χ0n) is 17.2. The minimum Gasteiger partial charge on any atom is -0.350 e. The molecule has 2 atom stereocenters. The minimum atomic E-state index is 0.505. The number of anilines is 1. The van der Waals surface area contributed by atoms with Crippen molar-refractivity contribution in [2.75, 3.05) is 38.6 Å². The second-order valence-corrected chi connectivity index (χ2v) is 8.44. The van der Waals surface area contributed by atoms with Crippen LogP contribution in [0, 0.1) is 0 Å². The number of aromatic nitrogens is 2. The first kappa shape index (κ1) is 20.4. The van der Waals surface area contributed by atoms with E-state index in [2.05, 4.69) is 59.9 Å². The minimum absolute atomic E-state index is 0.505. The summed E-state index contributed by atoms with van der Waals surface area (Å²) in [6.07, 6.45) is 4.64. The first-order valence-corrected chi connectivity index (χ1v) is 10.7. The van der Waals surface area contributed by atoms with Crippen molar-refractivity contribution in [3.8, 4) is 0 Å². The molecular weight excluding hydrogens is 358 g/mol. The maximum absolute atomic E-state index is 6.36. The van der Waals surface area contributed by atoms with Gasteiger partial charge < -0.3 is 15.1 Å². The monoisotopic (exact) mass is 391 g/mol. The Kier molecular flexibility index (Phi) is 7.01. The molecule has 0 bridgehead atoms. The fraction of sp³-hybridized carbons (Fsp3) is 0.667. The average Bonchev–Trinajstić information content (AvgIpc) is 3.02. The largest absolute Gasteiger partial charge is 0.350 e. The van der Waals surface area contributed by atoms with E-state index < -0.39 is 0 Å².